The van der Waals surface area contributed by atoms with Crippen LogP contribution < -0.4 is 5.32 Å². The maximum atomic E-state index is 10.6. The predicted molar refractivity (Wildman–Crippen MR) is 76.4 cm³/mol. The van der Waals surface area contributed by atoms with Crippen LogP contribution in [0.3, 0.4) is 0 Å². The first-order valence-corrected chi connectivity index (χ1v) is 7.50. The number of aliphatic carboxylic acids is 1. The standard InChI is InChI=1S/C13H17N3O2S/c1-19-13-14-8-9(6-7-11(17)18)12(16-13)15-10-4-2-3-5-10/h6-8,10H,2-5H2,1H3,(H,17,18)(H,14,15,16). The second-order valence-electron chi connectivity index (χ2n) is 4.46. The number of hydrogen-bond donors (Lipinski definition) is 2. The second-order valence-corrected chi connectivity index (χ2v) is 5.23. The summed E-state index contributed by atoms with van der Waals surface area (Å²) in [5, 5.41) is 12.8. The average molecular weight is 279 g/mol. The fourth-order valence-electron chi connectivity index (χ4n) is 2.14. The Morgan fingerprint density at radius 2 is 2.26 bits per heavy atom. The van der Waals surface area contributed by atoms with Gasteiger partial charge in [0.15, 0.2) is 5.16 Å². The number of anilines is 1. The molecule has 0 aliphatic heterocycles. The third kappa shape index (κ3) is 3.96. The number of carboxylic acid groups (broad SMARTS) is 1. The Labute approximate surface area is 116 Å². The van der Waals surface area contributed by atoms with Gasteiger partial charge in [-0.2, -0.15) is 0 Å². The van der Waals surface area contributed by atoms with E-state index in [1.54, 1.807) is 6.20 Å². The molecule has 1 fully saturated rings. The lowest BCUT2D eigenvalue weighted by molar-refractivity contribution is -0.131. The Balaban J connectivity index is 2.22. The maximum absolute atomic E-state index is 10.6. The van der Waals surface area contributed by atoms with Gasteiger partial charge in [0.05, 0.1) is 0 Å². The molecule has 5 nitrogen and oxygen atoms in total. The summed E-state index contributed by atoms with van der Waals surface area (Å²) in [5.41, 5.74) is 0.715. The molecule has 19 heavy (non-hydrogen) atoms. The molecule has 1 heterocycles. The quantitative estimate of drug-likeness (QED) is 0.490. The van der Waals surface area contributed by atoms with E-state index in [2.05, 4.69) is 15.3 Å². The normalized spacial score (nSPS) is 16.1. The number of hydrogen-bond acceptors (Lipinski definition) is 5. The molecule has 1 aromatic heterocycles. The lowest BCUT2D eigenvalue weighted by Gasteiger charge is -2.15. The summed E-state index contributed by atoms with van der Waals surface area (Å²) in [7, 11) is 0. The topological polar surface area (TPSA) is 75.1 Å². The minimum Gasteiger partial charge on any atom is -0.478 e. The van der Waals surface area contributed by atoms with Crippen molar-refractivity contribution in [3.8, 4) is 0 Å². The van der Waals surface area contributed by atoms with Crippen LogP contribution in [0.15, 0.2) is 17.4 Å². The van der Waals surface area contributed by atoms with E-state index in [1.165, 1.54) is 30.7 Å². The molecule has 0 atom stereocenters. The first-order chi connectivity index (χ1) is 9.19. The SMILES string of the molecule is CSc1ncc(C=CC(=O)O)c(NC2CCCC2)n1. The van der Waals surface area contributed by atoms with Crippen molar-refractivity contribution in [1.29, 1.82) is 0 Å². The van der Waals surface area contributed by atoms with Crippen molar-refractivity contribution in [3.05, 3.63) is 17.8 Å². The Bertz CT molecular complexity index is 485. The van der Waals surface area contributed by atoms with E-state index in [-0.39, 0.29) is 0 Å². The van der Waals surface area contributed by atoms with Crippen LogP contribution in [0.1, 0.15) is 31.2 Å². The molecule has 0 bridgehead atoms. The fraction of sp³-hybridized carbons (Fsp3) is 0.462. The molecule has 102 valence electrons. The molecule has 1 aliphatic rings. The van der Waals surface area contributed by atoms with Crippen LogP contribution in [-0.4, -0.2) is 33.3 Å². The van der Waals surface area contributed by atoms with Gasteiger partial charge in [0, 0.05) is 23.9 Å². The number of carbonyl (C=O) groups is 1. The zero-order chi connectivity index (χ0) is 13.7. The van der Waals surface area contributed by atoms with Crippen LogP contribution in [0.5, 0.6) is 0 Å². The first-order valence-electron chi connectivity index (χ1n) is 6.27. The van der Waals surface area contributed by atoms with Gasteiger partial charge >= 0.3 is 5.97 Å². The Hall–Kier alpha value is -1.56. The molecule has 1 aliphatic carbocycles. The minimum absolute atomic E-state index is 0.432. The fourth-order valence-corrected chi connectivity index (χ4v) is 2.48. The van der Waals surface area contributed by atoms with Gasteiger partial charge in [-0.1, -0.05) is 24.6 Å². The molecule has 2 N–H and O–H groups in total. The van der Waals surface area contributed by atoms with Gasteiger partial charge < -0.3 is 10.4 Å². The highest BCUT2D eigenvalue weighted by atomic mass is 32.2. The molecule has 0 spiro atoms. The summed E-state index contributed by atoms with van der Waals surface area (Å²) >= 11 is 1.47. The monoisotopic (exact) mass is 279 g/mol. The van der Waals surface area contributed by atoms with E-state index in [4.69, 9.17) is 5.11 Å². The predicted octanol–water partition coefficient (Wildman–Crippen LogP) is 2.65. The average Bonchev–Trinajstić information content (AvgIpc) is 2.90. The molecule has 0 saturated heterocycles. The number of carboxylic acids is 1. The molecular formula is C13H17N3O2S. The van der Waals surface area contributed by atoms with Crippen LogP contribution in [0.2, 0.25) is 0 Å². The van der Waals surface area contributed by atoms with Crippen LogP contribution >= 0.6 is 11.8 Å². The number of aromatic nitrogens is 2. The lowest BCUT2D eigenvalue weighted by atomic mass is 10.2. The van der Waals surface area contributed by atoms with Gasteiger partial charge in [0.25, 0.3) is 0 Å². The zero-order valence-electron chi connectivity index (χ0n) is 10.8. The van der Waals surface area contributed by atoms with E-state index in [0.717, 1.165) is 24.7 Å². The number of nitrogens with one attached hydrogen (secondary N) is 1. The third-order valence-corrected chi connectivity index (χ3v) is 3.64. The van der Waals surface area contributed by atoms with Crippen molar-refractivity contribution in [3.63, 3.8) is 0 Å². The smallest absolute Gasteiger partial charge is 0.328 e. The van der Waals surface area contributed by atoms with Crippen LogP contribution in [-0.2, 0) is 4.79 Å². The Kier molecular flexibility index (Phi) is 4.79. The van der Waals surface area contributed by atoms with Gasteiger partial charge in [0.1, 0.15) is 5.82 Å². The molecular weight excluding hydrogens is 262 g/mol. The summed E-state index contributed by atoms with van der Waals surface area (Å²) < 4.78 is 0. The van der Waals surface area contributed by atoms with Gasteiger partial charge in [-0.25, -0.2) is 14.8 Å². The summed E-state index contributed by atoms with van der Waals surface area (Å²) in [6.07, 6.45) is 11.0. The van der Waals surface area contributed by atoms with Gasteiger partial charge in [-0.3, -0.25) is 0 Å². The van der Waals surface area contributed by atoms with Gasteiger partial charge in [-0.15, -0.1) is 0 Å². The molecule has 0 amide bonds. The minimum atomic E-state index is -0.972. The van der Waals surface area contributed by atoms with Gasteiger partial charge in [-0.05, 0) is 25.2 Å². The summed E-state index contributed by atoms with van der Waals surface area (Å²) in [5.74, 6) is -0.246. The zero-order valence-corrected chi connectivity index (χ0v) is 11.6. The van der Waals surface area contributed by atoms with Crippen molar-refractivity contribution in [2.75, 3.05) is 11.6 Å². The van der Waals surface area contributed by atoms with Crippen LogP contribution in [0.4, 0.5) is 5.82 Å². The second kappa shape index (κ2) is 6.56. The van der Waals surface area contributed by atoms with E-state index in [9.17, 15) is 4.79 Å². The van der Waals surface area contributed by atoms with Crippen LogP contribution in [0.25, 0.3) is 6.08 Å². The van der Waals surface area contributed by atoms with E-state index < -0.39 is 5.97 Å². The van der Waals surface area contributed by atoms with Crippen molar-refractivity contribution in [2.24, 2.45) is 0 Å². The first kappa shape index (κ1) is 13.9. The molecule has 1 aromatic rings. The summed E-state index contributed by atoms with van der Waals surface area (Å²) in [6, 6.07) is 0.432. The van der Waals surface area contributed by atoms with E-state index in [0.29, 0.717) is 16.8 Å². The number of rotatable bonds is 5. The summed E-state index contributed by atoms with van der Waals surface area (Å²) in [4.78, 5) is 19.2. The Morgan fingerprint density at radius 3 is 2.89 bits per heavy atom. The molecule has 1 saturated carbocycles. The van der Waals surface area contributed by atoms with E-state index in [1.807, 2.05) is 6.26 Å². The molecule has 2 rings (SSSR count). The largest absolute Gasteiger partial charge is 0.478 e. The molecule has 0 aromatic carbocycles. The van der Waals surface area contributed by atoms with Crippen molar-refractivity contribution in [2.45, 2.75) is 36.9 Å². The van der Waals surface area contributed by atoms with Crippen molar-refractivity contribution >= 4 is 29.6 Å². The maximum Gasteiger partial charge on any atom is 0.328 e. The number of thioether (sulfide) groups is 1. The third-order valence-electron chi connectivity index (χ3n) is 3.08. The van der Waals surface area contributed by atoms with E-state index >= 15 is 0 Å². The molecule has 6 heteroatoms. The van der Waals surface area contributed by atoms with Crippen LogP contribution in [0, 0.1) is 0 Å². The summed E-state index contributed by atoms with van der Waals surface area (Å²) in [6.45, 7) is 0. The van der Waals surface area contributed by atoms with Crippen molar-refractivity contribution < 1.29 is 9.90 Å². The van der Waals surface area contributed by atoms with Gasteiger partial charge in [0.2, 0.25) is 0 Å². The number of nitrogens with zero attached hydrogens (tertiary/aromatic N) is 2. The molecule has 0 radical (unpaired) electrons. The highest BCUT2D eigenvalue weighted by Gasteiger charge is 2.16. The molecule has 0 unspecified atom stereocenters. The Morgan fingerprint density at radius 1 is 1.53 bits per heavy atom. The lowest BCUT2D eigenvalue weighted by Crippen LogP contribution is -2.16. The highest BCUT2D eigenvalue weighted by molar-refractivity contribution is 7.98. The van der Waals surface area contributed by atoms with Crippen molar-refractivity contribution in [1.82, 2.24) is 9.97 Å². The highest BCUT2D eigenvalue weighted by Crippen LogP contribution is 2.24.